The minimum absolute atomic E-state index is 0. The Hall–Kier alpha value is -1.69. The summed E-state index contributed by atoms with van der Waals surface area (Å²) in [5.41, 5.74) is 0.898. The first-order chi connectivity index (χ1) is 13.7. The molecule has 0 amide bonds. The van der Waals surface area contributed by atoms with Crippen LogP contribution in [0.15, 0.2) is 23.2 Å². The lowest BCUT2D eigenvalue weighted by molar-refractivity contribution is 0.297. The van der Waals surface area contributed by atoms with Crippen LogP contribution in [0.1, 0.15) is 24.5 Å². The second kappa shape index (κ2) is 12.1. The van der Waals surface area contributed by atoms with Crippen LogP contribution in [0.3, 0.4) is 0 Å². The van der Waals surface area contributed by atoms with Gasteiger partial charge in [0.25, 0.3) is 0 Å². The van der Waals surface area contributed by atoms with E-state index in [9.17, 15) is 0 Å². The molecule has 0 radical (unpaired) electrons. The summed E-state index contributed by atoms with van der Waals surface area (Å²) < 4.78 is 13.4. The predicted octanol–water partition coefficient (Wildman–Crippen LogP) is 3.21. The Morgan fingerprint density at radius 1 is 1.24 bits per heavy atom. The summed E-state index contributed by atoms with van der Waals surface area (Å²) in [4.78, 5) is 4.68. The number of ether oxygens (including phenoxy) is 2. The van der Waals surface area contributed by atoms with E-state index in [0.717, 1.165) is 54.0 Å². The Labute approximate surface area is 193 Å². The number of hydrogen-bond acceptors (Lipinski definition) is 6. The van der Waals surface area contributed by atoms with Crippen molar-refractivity contribution in [3.8, 4) is 11.5 Å². The van der Waals surface area contributed by atoms with E-state index in [1.165, 1.54) is 0 Å². The van der Waals surface area contributed by atoms with E-state index in [1.807, 2.05) is 48.5 Å². The van der Waals surface area contributed by atoms with Gasteiger partial charge >= 0.3 is 0 Å². The minimum Gasteiger partial charge on any atom is -0.490 e. The molecule has 2 heterocycles. The normalized spacial score (nSPS) is 13.4. The zero-order valence-corrected chi connectivity index (χ0v) is 20.3. The molecular weight excluding hydrogens is 503 g/mol. The van der Waals surface area contributed by atoms with Crippen molar-refractivity contribution in [2.75, 3.05) is 37.1 Å². The lowest BCUT2D eigenvalue weighted by Gasteiger charge is -2.14. The van der Waals surface area contributed by atoms with Crippen molar-refractivity contribution in [1.29, 1.82) is 0 Å². The summed E-state index contributed by atoms with van der Waals surface area (Å²) in [5.74, 6) is 5.04. The van der Waals surface area contributed by atoms with Crippen molar-refractivity contribution in [3.05, 3.63) is 29.8 Å². The van der Waals surface area contributed by atoms with E-state index >= 15 is 0 Å². The molecule has 0 saturated carbocycles. The van der Waals surface area contributed by atoms with E-state index in [4.69, 9.17) is 9.47 Å². The molecule has 0 aliphatic carbocycles. The lowest BCUT2D eigenvalue weighted by Crippen LogP contribution is -2.32. The van der Waals surface area contributed by atoms with E-state index in [0.29, 0.717) is 25.7 Å². The SMILES string of the molecule is CSCCCNC(=NCc1nnc(C)n1C)Nc1ccc2c(c1)OCCCO2.I. The molecule has 0 atom stereocenters. The van der Waals surface area contributed by atoms with Crippen molar-refractivity contribution in [2.24, 2.45) is 12.0 Å². The average molecular weight is 532 g/mol. The number of rotatable bonds is 7. The topological polar surface area (TPSA) is 85.6 Å². The summed E-state index contributed by atoms with van der Waals surface area (Å²) >= 11 is 1.84. The molecule has 10 heteroatoms. The second-order valence-electron chi connectivity index (χ2n) is 6.50. The standard InChI is InChI=1S/C19H28N6O2S.HI/c1-14-23-24-18(25(14)2)13-21-19(20-8-4-11-28-3)22-15-6-7-16-17(12-15)27-10-5-9-26-16;/h6-7,12H,4-5,8-11,13H2,1-3H3,(H2,20,21,22);1H. The number of thioether (sulfide) groups is 1. The number of halogens is 1. The monoisotopic (exact) mass is 532 g/mol. The molecule has 1 aromatic heterocycles. The Balaban J connectivity index is 0.00000300. The maximum absolute atomic E-state index is 5.78. The molecule has 3 rings (SSSR count). The Morgan fingerprint density at radius 3 is 2.76 bits per heavy atom. The second-order valence-corrected chi connectivity index (χ2v) is 7.48. The van der Waals surface area contributed by atoms with Gasteiger partial charge in [-0.05, 0) is 37.5 Å². The van der Waals surface area contributed by atoms with Gasteiger partial charge in [-0.1, -0.05) is 0 Å². The van der Waals surface area contributed by atoms with Crippen LogP contribution in [0, 0.1) is 6.92 Å². The average Bonchev–Trinajstić information content (AvgIpc) is 2.89. The number of anilines is 1. The molecule has 0 fully saturated rings. The molecule has 1 aliphatic heterocycles. The zero-order valence-electron chi connectivity index (χ0n) is 17.1. The Morgan fingerprint density at radius 2 is 2.03 bits per heavy atom. The first kappa shape index (κ1) is 23.6. The van der Waals surface area contributed by atoms with Gasteiger partial charge in [0.1, 0.15) is 12.4 Å². The van der Waals surface area contributed by atoms with Crippen LogP contribution in [0.25, 0.3) is 0 Å². The van der Waals surface area contributed by atoms with Crippen molar-refractivity contribution < 1.29 is 9.47 Å². The summed E-state index contributed by atoms with van der Waals surface area (Å²) in [5, 5.41) is 15.0. The summed E-state index contributed by atoms with van der Waals surface area (Å²) in [7, 11) is 1.95. The number of aliphatic imine (C=N–C) groups is 1. The molecule has 0 spiro atoms. The van der Waals surface area contributed by atoms with E-state index in [2.05, 4.69) is 32.1 Å². The fraction of sp³-hybridized carbons (Fsp3) is 0.526. The van der Waals surface area contributed by atoms with Crippen LogP contribution in [-0.4, -0.2) is 52.5 Å². The number of aryl methyl sites for hydroxylation is 1. The van der Waals surface area contributed by atoms with E-state index in [1.54, 1.807) is 0 Å². The highest BCUT2D eigenvalue weighted by Gasteiger charge is 2.12. The molecule has 1 aromatic carbocycles. The maximum atomic E-state index is 5.78. The number of nitrogens with one attached hydrogen (secondary N) is 2. The number of benzene rings is 1. The number of nitrogens with zero attached hydrogens (tertiary/aromatic N) is 4. The van der Waals surface area contributed by atoms with Crippen molar-refractivity contribution in [3.63, 3.8) is 0 Å². The number of guanidine groups is 1. The quantitative estimate of drug-likeness (QED) is 0.245. The van der Waals surface area contributed by atoms with Crippen molar-refractivity contribution in [2.45, 2.75) is 26.3 Å². The first-order valence-corrected chi connectivity index (χ1v) is 10.9. The largest absolute Gasteiger partial charge is 0.490 e. The highest BCUT2D eigenvalue weighted by molar-refractivity contribution is 14.0. The Kier molecular flexibility index (Phi) is 9.85. The van der Waals surface area contributed by atoms with Gasteiger partial charge in [-0.25, -0.2) is 4.99 Å². The van der Waals surface area contributed by atoms with Crippen LogP contribution in [-0.2, 0) is 13.6 Å². The van der Waals surface area contributed by atoms with E-state index < -0.39 is 0 Å². The van der Waals surface area contributed by atoms with Crippen molar-refractivity contribution >= 4 is 47.4 Å². The van der Waals surface area contributed by atoms with Crippen LogP contribution in [0.5, 0.6) is 11.5 Å². The van der Waals surface area contributed by atoms with Gasteiger partial charge in [0.05, 0.1) is 13.2 Å². The fourth-order valence-corrected chi connectivity index (χ4v) is 3.11. The molecule has 29 heavy (non-hydrogen) atoms. The van der Waals surface area contributed by atoms with Crippen molar-refractivity contribution in [1.82, 2.24) is 20.1 Å². The van der Waals surface area contributed by atoms with Crippen LogP contribution >= 0.6 is 35.7 Å². The van der Waals surface area contributed by atoms with Gasteiger partial charge in [0.15, 0.2) is 23.3 Å². The molecule has 0 saturated heterocycles. The number of aromatic nitrogens is 3. The fourth-order valence-electron chi connectivity index (χ4n) is 2.68. The first-order valence-electron chi connectivity index (χ1n) is 9.46. The molecule has 0 bridgehead atoms. The highest BCUT2D eigenvalue weighted by Crippen LogP contribution is 2.32. The smallest absolute Gasteiger partial charge is 0.196 e. The third-order valence-corrected chi connectivity index (χ3v) is 5.09. The van der Waals surface area contributed by atoms with Gasteiger partial charge in [0.2, 0.25) is 0 Å². The molecule has 0 unspecified atom stereocenters. The third-order valence-electron chi connectivity index (χ3n) is 4.39. The van der Waals surface area contributed by atoms with Crippen LogP contribution < -0.4 is 20.1 Å². The summed E-state index contributed by atoms with van der Waals surface area (Å²) in [6.07, 6.45) is 4.06. The van der Waals surface area contributed by atoms with E-state index in [-0.39, 0.29) is 24.0 Å². The van der Waals surface area contributed by atoms with Gasteiger partial charge < -0.3 is 24.7 Å². The number of hydrogen-bond donors (Lipinski definition) is 2. The molecule has 2 aromatic rings. The Bertz CT molecular complexity index is 814. The zero-order chi connectivity index (χ0) is 19.8. The molecular formula is C19H29IN6O2S. The maximum Gasteiger partial charge on any atom is 0.196 e. The molecule has 2 N–H and O–H groups in total. The molecule has 8 nitrogen and oxygen atoms in total. The van der Waals surface area contributed by atoms with Gasteiger partial charge in [-0.3, -0.25) is 0 Å². The van der Waals surface area contributed by atoms with Crippen LogP contribution in [0.2, 0.25) is 0 Å². The predicted molar refractivity (Wildman–Crippen MR) is 129 cm³/mol. The molecule has 160 valence electrons. The number of fused-ring (bicyclic) bond motifs is 1. The lowest BCUT2D eigenvalue weighted by atomic mass is 10.2. The highest BCUT2D eigenvalue weighted by atomic mass is 127. The molecule has 1 aliphatic rings. The third kappa shape index (κ3) is 6.95. The van der Waals surface area contributed by atoms with Gasteiger partial charge in [-0.2, -0.15) is 11.8 Å². The summed E-state index contributed by atoms with van der Waals surface area (Å²) in [6, 6.07) is 5.85. The van der Waals surface area contributed by atoms with Gasteiger partial charge in [0, 0.05) is 31.8 Å². The van der Waals surface area contributed by atoms with Gasteiger partial charge in [-0.15, -0.1) is 34.2 Å². The minimum atomic E-state index is 0. The summed E-state index contributed by atoms with van der Waals surface area (Å²) in [6.45, 7) is 4.56. The van der Waals surface area contributed by atoms with Crippen LogP contribution in [0.4, 0.5) is 5.69 Å².